The van der Waals surface area contributed by atoms with E-state index < -0.39 is 17.7 Å². The highest BCUT2D eigenvalue weighted by atomic mass is 19.4. The summed E-state index contributed by atoms with van der Waals surface area (Å²) in [4.78, 5) is 29.2. The van der Waals surface area contributed by atoms with Gasteiger partial charge in [0.1, 0.15) is 5.82 Å². The summed E-state index contributed by atoms with van der Waals surface area (Å²) in [6.07, 6.45) is -1.31. The number of methoxy groups -OCH3 is 1. The minimum atomic E-state index is -4.50. The minimum Gasteiger partial charge on any atom is -0.465 e. The molecule has 0 radical (unpaired) electrons. The number of nitrogens with zero attached hydrogens (tertiary/aromatic N) is 2. The summed E-state index contributed by atoms with van der Waals surface area (Å²) in [5, 5.41) is 2.71. The van der Waals surface area contributed by atoms with Gasteiger partial charge in [-0.1, -0.05) is 6.08 Å². The summed E-state index contributed by atoms with van der Waals surface area (Å²) in [5.74, 6) is -0.965. The molecule has 1 aromatic carbocycles. The summed E-state index contributed by atoms with van der Waals surface area (Å²) in [7, 11) is 1.28. The van der Waals surface area contributed by atoms with Crippen LogP contribution in [0, 0.1) is 0 Å². The second-order valence-electron chi connectivity index (χ2n) is 6.32. The molecule has 0 atom stereocenters. The normalized spacial score (nSPS) is 14.2. The number of carbonyl (C=O) groups excluding carboxylic acids is 2. The lowest BCUT2D eigenvalue weighted by Crippen LogP contribution is -2.33. The van der Waals surface area contributed by atoms with Gasteiger partial charge >= 0.3 is 12.1 Å². The van der Waals surface area contributed by atoms with Crippen LogP contribution in [-0.4, -0.2) is 37.1 Å². The number of carbonyl (C=O) groups is 2. The van der Waals surface area contributed by atoms with Crippen LogP contribution in [0.5, 0.6) is 0 Å². The standard InChI is InChI=1S/C20H18F3N3O3/c1-29-19(28)14-4-6-15(7-5-14)25-18(27)13-8-11-26(12-9-13)17-16(20(21,22)23)3-2-10-24-17/h2-8,10H,9,11-12H2,1H3,(H,25,27). The van der Waals surface area contributed by atoms with E-state index >= 15 is 0 Å². The fourth-order valence-corrected chi connectivity index (χ4v) is 2.96. The van der Waals surface area contributed by atoms with Crippen molar-refractivity contribution in [3.05, 3.63) is 65.4 Å². The van der Waals surface area contributed by atoms with E-state index in [-0.39, 0.29) is 31.2 Å². The number of ether oxygens (including phenoxy) is 1. The van der Waals surface area contributed by atoms with E-state index in [0.717, 1.165) is 6.07 Å². The topological polar surface area (TPSA) is 71.5 Å². The van der Waals surface area contributed by atoms with Crippen LogP contribution in [0.25, 0.3) is 0 Å². The maximum Gasteiger partial charge on any atom is 0.419 e. The molecular formula is C20H18F3N3O3. The first-order valence-electron chi connectivity index (χ1n) is 8.75. The second-order valence-corrected chi connectivity index (χ2v) is 6.32. The molecule has 0 aliphatic carbocycles. The van der Waals surface area contributed by atoms with E-state index in [1.54, 1.807) is 18.2 Å². The van der Waals surface area contributed by atoms with Crippen molar-refractivity contribution in [2.24, 2.45) is 0 Å². The van der Waals surface area contributed by atoms with Gasteiger partial charge in [0.15, 0.2) is 0 Å². The molecule has 1 aromatic heterocycles. The molecular weight excluding hydrogens is 387 g/mol. The molecule has 2 heterocycles. The maximum absolute atomic E-state index is 13.2. The Labute approximate surface area is 165 Å². The molecule has 0 fully saturated rings. The summed E-state index contributed by atoms with van der Waals surface area (Å²) >= 11 is 0. The number of hydrogen-bond donors (Lipinski definition) is 1. The Morgan fingerprint density at radius 2 is 1.90 bits per heavy atom. The van der Waals surface area contributed by atoms with Crippen molar-refractivity contribution in [3.63, 3.8) is 0 Å². The Balaban J connectivity index is 1.67. The third kappa shape index (κ3) is 4.74. The zero-order valence-electron chi connectivity index (χ0n) is 15.5. The fourth-order valence-electron chi connectivity index (χ4n) is 2.96. The zero-order chi connectivity index (χ0) is 21.0. The second kappa shape index (κ2) is 8.34. The molecule has 1 aliphatic heterocycles. The Kier molecular flexibility index (Phi) is 5.86. The lowest BCUT2D eigenvalue weighted by atomic mass is 10.1. The molecule has 6 nitrogen and oxygen atoms in total. The summed E-state index contributed by atoms with van der Waals surface area (Å²) in [6, 6.07) is 8.44. The average Bonchev–Trinajstić information content (AvgIpc) is 2.73. The largest absolute Gasteiger partial charge is 0.465 e. The van der Waals surface area contributed by atoms with Crippen LogP contribution in [0.1, 0.15) is 22.3 Å². The van der Waals surface area contributed by atoms with Crippen LogP contribution >= 0.6 is 0 Å². The molecule has 0 saturated carbocycles. The third-order valence-electron chi connectivity index (χ3n) is 4.46. The van der Waals surface area contributed by atoms with Crippen LogP contribution in [0.3, 0.4) is 0 Å². The number of pyridine rings is 1. The summed E-state index contributed by atoms with van der Waals surface area (Å²) in [6.45, 7) is 0.380. The minimum absolute atomic E-state index is 0.143. The Hall–Kier alpha value is -3.36. The predicted molar refractivity (Wildman–Crippen MR) is 101 cm³/mol. The number of esters is 1. The van der Waals surface area contributed by atoms with Gasteiger partial charge in [0.05, 0.1) is 18.2 Å². The van der Waals surface area contributed by atoms with E-state index in [1.807, 2.05) is 0 Å². The lowest BCUT2D eigenvalue weighted by Gasteiger charge is -2.29. The van der Waals surface area contributed by atoms with Crippen molar-refractivity contribution < 1.29 is 27.5 Å². The number of benzene rings is 1. The molecule has 0 unspecified atom stereocenters. The van der Waals surface area contributed by atoms with Gasteiger partial charge in [-0.3, -0.25) is 4.79 Å². The first-order chi connectivity index (χ1) is 13.8. The molecule has 0 bridgehead atoms. The van der Waals surface area contributed by atoms with Gasteiger partial charge in [0.2, 0.25) is 0 Å². The number of nitrogens with one attached hydrogen (secondary N) is 1. The van der Waals surface area contributed by atoms with Gasteiger partial charge in [0.25, 0.3) is 5.91 Å². The van der Waals surface area contributed by atoms with E-state index in [9.17, 15) is 22.8 Å². The van der Waals surface area contributed by atoms with Crippen molar-refractivity contribution in [1.82, 2.24) is 4.98 Å². The molecule has 0 spiro atoms. The smallest absolute Gasteiger partial charge is 0.419 e. The molecule has 1 amide bonds. The quantitative estimate of drug-likeness (QED) is 0.786. The molecule has 1 N–H and O–H groups in total. The molecule has 152 valence electrons. The number of halogens is 3. The molecule has 3 rings (SSSR count). The highest BCUT2D eigenvalue weighted by Gasteiger charge is 2.36. The maximum atomic E-state index is 13.2. The van der Waals surface area contributed by atoms with Crippen LogP contribution in [0.2, 0.25) is 0 Å². The Morgan fingerprint density at radius 3 is 2.48 bits per heavy atom. The number of hydrogen-bond acceptors (Lipinski definition) is 5. The van der Waals surface area contributed by atoms with Crippen molar-refractivity contribution in [2.75, 3.05) is 30.4 Å². The number of alkyl halides is 3. The van der Waals surface area contributed by atoms with Crippen LogP contribution < -0.4 is 10.2 Å². The van der Waals surface area contributed by atoms with Gasteiger partial charge < -0.3 is 15.0 Å². The first kappa shape index (κ1) is 20.4. The van der Waals surface area contributed by atoms with Gasteiger partial charge in [-0.25, -0.2) is 9.78 Å². The van der Waals surface area contributed by atoms with Crippen LogP contribution in [0.4, 0.5) is 24.7 Å². The van der Waals surface area contributed by atoms with Crippen molar-refractivity contribution in [3.8, 4) is 0 Å². The van der Waals surface area contributed by atoms with Gasteiger partial charge in [-0.2, -0.15) is 13.2 Å². The van der Waals surface area contributed by atoms with Crippen molar-refractivity contribution in [1.29, 1.82) is 0 Å². The number of amides is 1. The fraction of sp³-hybridized carbons (Fsp3) is 0.250. The lowest BCUT2D eigenvalue weighted by molar-refractivity contribution is -0.137. The van der Waals surface area contributed by atoms with E-state index in [4.69, 9.17) is 0 Å². The SMILES string of the molecule is COC(=O)c1ccc(NC(=O)C2=CCN(c3ncccc3C(F)(F)F)CC2)cc1. The molecule has 29 heavy (non-hydrogen) atoms. The Morgan fingerprint density at radius 1 is 1.17 bits per heavy atom. The summed E-state index contributed by atoms with van der Waals surface area (Å²) in [5.41, 5.74) is 0.527. The third-order valence-corrected chi connectivity index (χ3v) is 4.46. The van der Waals surface area contributed by atoms with Crippen LogP contribution in [0.15, 0.2) is 54.2 Å². The first-order valence-corrected chi connectivity index (χ1v) is 8.75. The van der Waals surface area contributed by atoms with Gasteiger partial charge in [-0.15, -0.1) is 0 Å². The average molecular weight is 405 g/mol. The van der Waals surface area contributed by atoms with Crippen molar-refractivity contribution >= 4 is 23.4 Å². The monoisotopic (exact) mass is 405 g/mol. The van der Waals surface area contributed by atoms with Gasteiger partial charge in [-0.05, 0) is 42.8 Å². The van der Waals surface area contributed by atoms with Crippen LogP contribution in [-0.2, 0) is 15.7 Å². The van der Waals surface area contributed by atoms with E-state index in [2.05, 4.69) is 15.0 Å². The van der Waals surface area contributed by atoms with Crippen molar-refractivity contribution in [2.45, 2.75) is 12.6 Å². The van der Waals surface area contributed by atoms with Gasteiger partial charge in [0, 0.05) is 30.5 Å². The predicted octanol–water partition coefficient (Wildman–Crippen LogP) is 3.66. The Bertz CT molecular complexity index is 940. The molecule has 0 saturated heterocycles. The molecule has 1 aliphatic rings. The molecule has 2 aromatic rings. The molecule has 9 heteroatoms. The number of rotatable bonds is 4. The van der Waals surface area contributed by atoms with E-state index in [1.165, 1.54) is 36.4 Å². The summed E-state index contributed by atoms with van der Waals surface area (Å²) < 4.78 is 44.1. The number of aromatic nitrogens is 1. The highest BCUT2D eigenvalue weighted by Crippen LogP contribution is 2.35. The number of anilines is 2. The zero-order valence-corrected chi connectivity index (χ0v) is 15.5. The highest BCUT2D eigenvalue weighted by molar-refractivity contribution is 6.04. The van der Waals surface area contributed by atoms with E-state index in [0.29, 0.717) is 16.8 Å².